The Morgan fingerprint density at radius 3 is 2.59 bits per heavy atom. The third-order valence-electron chi connectivity index (χ3n) is 3.60. The molecule has 0 spiro atoms. The molecule has 3 rings (SSSR count). The van der Waals surface area contributed by atoms with Crippen LogP contribution >= 0.6 is 11.8 Å². The zero-order valence-electron chi connectivity index (χ0n) is 15.2. The molecule has 11 heteroatoms. The molecule has 3 aromatic rings. The first-order valence-electron chi connectivity index (χ1n) is 8.35. The molecule has 7 nitrogen and oxygen atoms in total. The second-order valence-electron chi connectivity index (χ2n) is 5.86. The summed E-state index contributed by atoms with van der Waals surface area (Å²) in [5.74, 6) is 0.286. The summed E-state index contributed by atoms with van der Waals surface area (Å²) in [6.07, 6.45) is -3.07. The first kappa shape index (κ1) is 20.6. The number of benzene rings is 1. The molecule has 0 saturated carbocycles. The summed E-state index contributed by atoms with van der Waals surface area (Å²) in [5.41, 5.74) is 1.26. The lowest BCUT2D eigenvalue weighted by Crippen LogP contribution is -2.19. The number of para-hydroxylation sites is 1. The Morgan fingerprint density at radius 2 is 1.93 bits per heavy atom. The number of pyridine rings is 1. The molecule has 1 aromatic carbocycles. The zero-order chi connectivity index (χ0) is 20.9. The number of aromatic nitrogens is 4. The number of nitrogens with one attached hydrogen (secondary N) is 1. The van der Waals surface area contributed by atoms with Gasteiger partial charge in [0.15, 0.2) is 17.6 Å². The van der Waals surface area contributed by atoms with Crippen LogP contribution in [0.25, 0.3) is 11.4 Å². The second kappa shape index (κ2) is 8.95. The van der Waals surface area contributed by atoms with Crippen molar-refractivity contribution >= 4 is 23.4 Å². The fourth-order valence-corrected chi connectivity index (χ4v) is 3.01. The van der Waals surface area contributed by atoms with Crippen LogP contribution in [0.15, 0.2) is 53.8 Å². The van der Waals surface area contributed by atoms with Crippen molar-refractivity contribution in [3.63, 3.8) is 0 Å². The van der Waals surface area contributed by atoms with Crippen molar-refractivity contribution < 1.29 is 22.7 Å². The van der Waals surface area contributed by atoms with Gasteiger partial charge in [0.2, 0.25) is 11.8 Å². The van der Waals surface area contributed by atoms with Gasteiger partial charge in [-0.15, -0.1) is 10.2 Å². The van der Waals surface area contributed by atoms with Gasteiger partial charge in [0.1, 0.15) is 0 Å². The van der Waals surface area contributed by atoms with Crippen molar-refractivity contribution in [3.8, 4) is 17.3 Å². The molecular formula is C18H16F3N5O2S. The number of hydrogen-bond acceptors (Lipinski definition) is 6. The fourth-order valence-electron chi connectivity index (χ4n) is 2.29. The van der Waals surface area contributed by atoms with Crippen LogP contribution in [0.4, 0.5) is 18.9 Å². The van der Waals surface area contributed by atoms with Crippen molar-refractivity contribution in [3.05, 3.63) is 48.7 Å². The predicted molar refractivity (Wildman–Crippen MR) is 102 cm³/mol. The lowest BCUT2D eigenvalue weighted by molar-refractivity contribution is -0.154. The van der Waals surface area contributed by atoms with Crippen molar-refractivity contribution in [2.75, 3.05) is 17.7 Å². The number of thioether (sulfide) groups is 1. The van der Waals surface area contributed by atoms with Crippen LogP contribution < -0.4 is 10.1 Å². The number of carbonyl (C=O) groups is 1. The zero-order valence-corrected chi connectivity index (χ0v) is 16.0. The smallest absolute Gasteiger partial charge is 0.422 e. The van der Waals surface area contributed by atoms with Gasteiger partial charge in [-0.25, -0.2) is 4.98 Å². The number of halogens is 3. The van der Waals surface area contributed by atoms with Crippen LogP contribution in [0, 0.1) is 0 Å². The summed E-state index contributed by atoms with van der Waals surface area (Å²) in [5, 5.41) is 11.4. The largest absolute Gasteiger partial charge is 0.468 e. The van der Waals surface area contributed by atoms with Gasteiger partial charge in [-0.05, 0) is 18.2 Å². The van der Waals surface area contributed by atoms with Gasteiger partial charge in [0.25, 0.3) is 0 Å². The number of carbonyl (C=O) groups excluding carboxylic acids is 1. The highest BCUT2D eigenvalue weighted by Gasteiger charge is 2.28. The summed E-state index contributed by atoms with van der Waals surface area (Å²) in [7, 11) is 1.72. The molecule has 0 saturated heterocycles. The van der Waals surface area contributed by atoms with E-state index in [0.717, 1.165) is 0 Å². The van der Waals surface area contributed by atoms with E-state index in [4.69, 9.17) is 0 Å². The molecule has 1 N–H and O–H groups in total. The molecule has 29 heavy (non-hydrogen) atoms. The first-order valence-corrected chi connectivity index (χ1v) is 9.33. The lowest BCUT2D eigenvalue weighted by atomic mass is 10.3. The topological polar surface area (TPSA) is 81.9 Å². The second-order valence-corrected chi connectivity index (χ2v) is 6.80. The molecule has 2 heterocycles. The highest BCUT2D eigenvalue weighted by atomic mass is 32.2. The standard InChI is InChI=1S/C18H16F3N5O2S/c1-26-16(12-7-8-15(22-9-12)28-11-18(19,20)21)24-25-17(26)29-10-14(27)23-13-5-3-2-4-6-13/h2-9H,10-11H2,1H3,(H,23,27). The fraction of sp³-hybridized carbons (Fsp3) is 0.222. The number of alkyl halides is 3. The van der Waals surface area contributed by atoms with E-state index in [-0.39, 0.29) is 17.5 Å². The quantitative estimate of drug-likeness (QED) is 0.586. The third kappa shape index (κ3) is 5.95. The number of nitrogens with zero attached hydrogens (tertiary/aromatic N) is 4. The van der Waals surface area contributed by atoms with Crippen LogP contribution in [-0.4, -0.2) is 44.2 Å². The van der Waals surface area contributed by atoms with Crippen LogP contribution in [0.5, 0.6) is 5.88 Å². The molecular weight excluding hydrogens is 407 g/mol. The Bertz CT molecular complexity index is 962. The maximum absolute atomic E-state index is 12.2. The number of hydrogen-bond donors (Lipinski definition) is 1. The van der Waals surface area contributed by atoms with Crippen LogP contribution in [-0.2, 0) is 11.8 Å². The van der Waals surface area contributed by atoms with Gasteiger partial charge in [0, 0.05) is 30.6 Å². The molecule has 0 bridgehead atoms. The van der Waals surface area contributed by atoms with E-state index in [1.54, 1.807) is 29.8 Å². The minimum atomic E-state index is -4.43. The summed E-state index contributed by atoms with van der Waals surface area (Å²) in [6, 6.07) is 12.0. The number of rotatable bonds is 7. The Hall–Kier alpha value is -3.08. The molecule has 0 unspecified atom stereocenters. The number of amides is 1. The SMILES string of the molecule is Cn1c(SCC(=O)Nc2ccccc2)nnc1-c1ccc(OCC(F)(F)F)nc1. The Morgan fingerprint density at radius 1 is 1.17 bits per heavy atom. The minimum absolute atomic E-state index is 0.138. The van der Waals surface area contributed by atoms with Gasteiger partial charge >= 0.3 is 6.18 Å². The molecule has 0 radical (unpaired) electrons. The van der Waals surface area contributed by atoms with Crippen LogP contribution in [0.1, 0.15) is 0 Å². The molecule has 0 aliphatic heterocycles. The first-order chi connectivity index (χ1) is 13.8. The van der Waals surface area contributed by atoms with Crippen LogP contribution in [0.3, 0.4) is 0 Å². The summed E-state index contributed by atoms with van der Waals surface area (Å²) < 4.78 is 42.8. The van der Waals surface area contributed by atoms with Gasteiger partial charge < -0.3 is 14.6 Å². The molecule has 0 aliphatic carbocycles. The average Bonchev–Trinajstić information content (AvgIpc) is 3.06. The van der Waals surface area contributed by atoms with E-state index in [0.29, 0.717) is 22.2 Å². The monoisotopic (exact) mass is 423 g/mol. The summed E-state index contributed by atoms with van der Waals surface area (Å²) >= 11 is 1.21. The predicted octanol–water partition coefficient (Wildman–Crippen LogP) is 3.55. The number of anilines is 1. The molecule has 0 atom stereocenters. The lowest BCUT2D eigenvalue weighted by Gasteiger charge is -2.08. The molecule has 0 aliphatic rings. The summed E-state index contributed by atoms with van der Waals surface area (Å²) in [6.45, 7) is -1.41. The maximum atomic E-state index is 12.2. The summed E-state index contributed by atoms with van der Waals surface area (Å²) in [4.78, 5) is 15.9. The molecule has 152 valence electrons. The Kier molecular flexibility index (Phi) is 6.37. The van der Waals surface area contributed by atoms with Crippen molar-refractivity contribution in [1.82, 2.24) is 19.7 Å². The van der Waals surface area contributed by atoms with E-state index < -0.39 is 12.8 Å². The Labute approximate surface area is 168 Å². The van der Waals surface area contributed by atoms with Crippen molar-refractivity contribution in [2.45, 2.75) is 11.3 Å². The van der Waals surface area contributed by atoms with E-state index in [9.17, 15) is 18.0 Å². The van der Waals surface area contributed by atoms with Gasteiger partial charge in [-0.1, -0.05) is 30.0 Å². The van der Waals surface area contributed by atoms with E-state index in [1.807, 2.05) is 18.2 Å². The highest BCUT2D eigenvalue weighted by molar-refractivity contribution is 7.99. The highest BCUT2D eigenvalue weighted by Crippen LogP contribution is 2.24. The van der Waals surface area contributed by atoms with E-state index in [2.05, 4.69) is 25.2 Å². The normalized spacial score (nSPS) is 11.3. The molecule has 1 amide bonds. The third-order valence-corrected chi connectivity index (χ3v) is 4.62. The molecule has 2 aromatic heterocycles. The molecule has 0 fully saturated rings. The van der Waals surface area contributed by atoms with Crippen molar-refractivity contribution in [2.24, 2.45) is 7.05 Å². The van der Waals surface area contributed by atoms with E-state index >= 15 is 0 Å². The Balaban J connectivity index is 1.59. The van der Waals surface area contributed by atoms with Gasteiger partial charge in [-0.3, -0.25) is 4.79 Å². The average molecular weight is 423 g/mol. The minimum Gasteiger partial charge on any atom is -0.468 e. The van der Waals surface area contributed by atoms with E-state index in [1.165, 1.54) is 24.0 Å². The maximum Gasteiger partial charge on any atom is 0.422 e. The number of ether oxygens (including phenoxy) is 1. The van der Waals surface area contributed by atoms with Gasteiger partial charge in [-0.2, -0.15) is 13.2 Å². The van der Waals surface area contributed by atoms with Gasteiger partial charge in [0.05, 0.1) is 5.75 Å². The van der Waals surface area contributed by atoms with Crippen LogP contribution in [0.2, 0.25) is 0 Å². The van der Waals surface area contributed by atoms with Crippen molar-refractivity contribution in [1.29, 1.82) is 0 Å².